The molecule has 0 radical (unpaired) electrons. The molecular weight excluding hydrogens is 196 g/mol. The number of ether oxygens (including phenoxy) is 1. The Morgan fingerprint density at radius 2 is 2.07 bits per heavy atom. The first kappa shape index (κ1) is 9.85. The molecule has 0 aromatic carbocycles. The van der Waals surface area contributed by atoms with Crippen LogP contribution in [0.2, 0.25) is 0 Å². The van der Waals surface area contributed by atoms with Crippen molar-refractivity contribution >= 4 is 11.6 Å². The van der Waals surface area contributed by atoms with Gasteiger partial charge in [-0.15, -0.1) is 0 Å². The van der Waals surface area contributed by atoms with Crippen molar-refractivity contribution in [2.75, 3.05) is 0 Å². The molecule has 0 fully saturated rings. The molecular formula is C12H15ClO. The molecule has 0 bridgehead atoms. The third-order valence-corrected chi connectivity index (χ3v) is 2.91. The summed E-state index contributed by atoms with van der Waals surface area (Å²) in [5, 5.41) is 0.897. The van der Waals surface area contributed by atoms with Crippen LogP contribution in [0.25, 0.3) is 0 Å². The molecule has 2 rings (SSSR count). The van der Waals surface area contributed by atoms with Crippen LogP contribution in [-0.4, -0.2) is 5.60 Å². The Morgan fingerprint density at radius 1 is 1.36 bits per heavy atom. The van der Waals surface area contributed by atoms with Gasteiger partial charge in [-0.1, -0.05) is 11.6 Å². The molecule has 2 heteroatoms. The van der Waals surface area contributed by atoms with Crippen molar-refractivity contribution < 1.29 is 4.74 Å². The number of rotatable bonds is 0. The molecule has 2 aliphatic rings. The van der Waals surface area contributed by atoms with Gasteiger partial charge in [0.25, 0.3) is 0 Å². The first-order chi connectivity index (χ1) is 6.48. The van der Waals surface area contributed by atoms with Crippen molar-refractivity contribution in [3.63, 3.8) is 0 Å². The molecule has 0 saturated carbocycles. The molecule has 1 nitrogen and oxygen atoms in total. The number of halogens is 1. The third kappa shape index (κ3) is 1.74. The highest BCUT2D eigenvalue weighted by Crippen LogP contribution is 2.37. The molecule has 0 saturated heterocycles. The third-order valence-electron chi connectivity index (χ3n) is 2.61. The van der Waals surface area contributed by atoms with E-state index in [0.29, 0.717) is 0 Å². The van der Waals surface area contributed by atoms with Crippen molar-refractivity contribution in [2.24, 2.45) is 0 Å². The van der Waals surface area contributed by atoms with E-state index in [1.54, 1.807) is 0 Å². The summed E-state index contributed by atoms with van der Waals surface area (Å²) >= 11 is 6.00. The maximum Gasteiger partial charge on any atom is 0.125 e. The summed E-state index contributed by atoms with van der Waals surface area (Å²) < 4.78 is 5.86. The summed E-state index contributed by atoms with van der Waals surface area (Å²) in [7, 11) is 0. The van der Waals surface area contributed by atoms with Gasteiger partial charge in [-0.3, -0.25) is 0 Å². The van der Waals surface area contributed by atoms with E-state index in [2.05, 4.69) is 26.8 Å². The minimum Gasteiger partial charge on any atom is -0.483 e. The molecule has 0 N–H and O–H groups in total. The van der Waals surface area contributed by atoms with Crippen LogP contribution in [0, 0.1) is 0 Å². The summed E-state index contributed by atoms with van der Waals surface area (Å²) in [6, 6.07) is 0. The van der Waals surface area contributed by atoms with Crippen LogP contribution in [0.5, 0.6) is 0 Å². The standard InChI is InChI=1S/C12H15ClO/c1-8-7-12(2,3)14-11-6-9(13)4-5-10(8)11/h6-7H,4-5H2,1-3H3. The zero-order valence-electron chi connectivity index (χ0n) is 8.86. The first-order valence-corrected chi connectivity index (χ1v) is 5.34. The van der Waals surface area contributed by atoms with Crippen molar-refractivity contribution in [1.29, 1.82) is 0 Å². The van der Waals surface area contributed by atoms with Gasteiger partial charge in [0, 0.05) is 5.03 Å². The highest BCUT2D eigenvalue weighted by Gasteiger charge is 2.27. The summed E-state index contributed by atoms with van der Waals surface area (Å²) in [5.41, 5.74) is 2.44. The van der Waals surface area contributed by atoms with E-state index in [1.807, 2.05) is 6.08 Å². The van der Waals surface area contributed by atoms with E-state index in [9.17, 15) is 0 Å². The lowest BCUT2D eigenvalue weighted by Crippen LogP contribution is -2.26. The molecule has 0 spiro atoms. The van der Waals surface area contributed by atoms with Crippen LogP contribution in [-0.2, 0) is 4.74 Å². The van der Waals surface area contributed by atoms with Gasteiger partial charge in [-0.25, -0.2) is 0 Å². The fourth-order valence-electron chi connectivity index (χ4n) is 2.07. The van der Waals surface area contributed by atoms with E-state index < -0.39 is 0 Å². The second kappa shape index (κ2) is 3.16. The van der Waals surface area contributed by atoms with Crippen LogP contribution in [0.15, 0.2) is 34.1 Å². The monoisotopic (exact) mass is 210 g/mol. The van der Waals surface area contributed by atoms with E-state index >= 15 is 0 Å². The molecule has 1 aliphatic carbocycles. The summed E-state index contributed by atoms with van der Waals surface area (Å²) in [4.78, 5) is 0. The largest absolute Gasteiger partial charge is 0.483 e. The Hall–Kier alpha value is -0.690. The van der Waals surface area contributed by atoms with Crippen LogP contribution < -0.4 is 0 Å². The topological polar surface area (TPSA) is 9.23 Å². The average Bonchev–Trinajstić information content (AvgIpc) is 2.00. The fraction of sp³-hybridized carbons (Fsp3) is 0.500. The molecule has 76 valence electrons. The zero-order valence-corrected chi connectivity index (χ0v) is 9.61. The Balaban J connectivity index is 2.41. The highest BCUT2D eigenvalue weighted by atomic mass is 35.5. The summed E-state index contributed by atoms with van der Waals surface area (Å²) in [5.74, 6) is 0.964. The Labute approximate surface area is 90.1 Å². The fourth-order valence-corrected chi connectivity index (χ4v) is 2.27. The van der Waals surface area contributed by atoms with Gasteiger partial charge in [-0.05, 0) is 56.9 Å². The predicted molar refractivity (Wildman–Crippen MR) is 59.1 cm³/mol. The van der Waals surface area contributed by atoms with E-state index in [4.69, 9.17) is 16.3 Å². The molecule has 14 heavy (non-hydrogen) atoms. The van der Waals surface area contributed by atoms with Gasteiger partial charge in [-0.2, -0.15) is 0 Å². The van der Waals surface area contributed by atoms with Crippen molar-refractivity contribution in [3.05, 3.63) is 34.1 Å². The summed E-state index contributed by atoms with van der Waals surface area (Å²) in [6.45, 7) is 6.28. The van der Waals surface area contributed by atoms with Crippen molar-refractivity contribution in [2.45, 2.75) is 39.2 Å². The normalized spacial score (nSPS) is 24.9. The molecule has 0 aromatic rings. The van der Waals surface area contributed by atoms with Gasteiger partial charge in [0.05, 0.1) is 0 Å². The van der Waals surface area contributed by atoms with Crippen LogP contribution >= 0.6 is 11.6 Å². The lowest BCUT2D eigenvalue weighted by atomic mass is 9.90. The first-order valence-electron chi connectivity index (χ1n) is 4.96. The second-order valence-electron chi connectivity index (χ2n) is 4.47. The highest BCUT2D eigenvalue weighted by molar-refractivity contribution is 6.29. The average molecular weight is 211 g/mol. The van der Waals surface area contributed by atoms with Gasteiger partial charge < -0.3 is 4.74 Å². The predicted octanol–water partition coefficient (Wildman–Crippen LogP) is 3.91. The van der Waals surface area contributed by atoms with Gasteiger partial charge in [0.15, 0.2) is 0 Å². The number of allylic oxidation sites excluding steroid dienone is 4. The Bertz CT molecular complexity index is 359. The summed E-state index contributed by atoms with van der Waals surface area (Å²) in [6.07, 6.45) is 6.08. The van der Waals surface area contributed by atoms with Crippen LogP contribution in [0.3, 0.4) is 0 Å². The van der Waals surface area contributed by atoms with E-state index in [-0.39, 0.29) is 5.60 Å². The Morgan fingerprint density at radius 3 is 2.79 bits per heavy atom. The molecule has 0 atom stereocenters. The van der Waals surface area contributed by atoms with Crippen molar-refractivity contribution in [3.8, 4) is 0 Å². The van der Waals surface area contributed by atoms with Crippen molar-refractivity contribution in [1.82, 2.24) is 0 Å². The van der Waals surface area contributed by atoms with Crippen LogP contribution in [0.4, 0.5) is 0 Å². The number of hydrogen-bond acceptors (Lipinski definition) is 1. The maximum atomic E-state index is 6.00. The molecule has 0 amide bonds. The van der Waals surface area contributed by atoms with Gasteiger partial charge >= 0.3 is 0 Å². The van der Waals surface area contributed by atoms with E-state index in [1.165, 1.54) is 11.1 Å². The lowest BCUT2D eigenvalue weighted by Gasteiger charge is -2.33. The molecule has 0 aromatic heterocycles. The minimum atomic E-state index is -0.200. The van der Waals surface area contributed by atoms with E-state index in [0.717, 1.165) is 23.6 Å². The van der Waals surface area contributed by atoms with Gasteiger partial charge in [0.1, 0.15) is 11.4 Å². The second-order valence-corrected chi connectivity index (χ2v) is 4.95. The lowest BCUT2D eigenvalue weighted by molar-refractivity contribution is 0.0782. The van der Waals surface area contributed by atoms with Crippen LogP contribution in [0.1, 0.15) is 33.6 Å². The molecule has 1 heterocycles. The maximum absolute atomic E-state index is 6.00. The quantitative estimate of drug-likeness (QED) is 0.589. The molecule has 0 unspecified atom stereocenters. The number of hydrogen-bond donors (Lipinski definition) is 0. The zero-order chi connectivity index (χ0) is 10.3. The minimum absolute atomic E-state index is 0.200. The molecule has 1 aliphatic heterocycles. The Kier molecular flexibility index (Phi) is 2.23. The SMILES string of the molecule is CC1=CC(C)(C)OC2=C1CCC(Cl)=C2. The smallest absolute Gasteiger partial charge is 0.125 e. The van der Waals surface area contributed by atoms with Gasteiger partial charge in [0.2, 0.25) is 0 Å².